The molecule has 3 heteroatoms. The predicted molar refractivity (Wildman–Crippen MR) is 58.6 cm³/mol. The maximum Gasteiger partial charge on any atom is 0.0362 e. The molecule has 2 rings (SSSR count). The lowest BCUT2D eigenvalue weighted by Gasteiger charge is -2.37. The van der Waals surface area contributed by atoms with Crippen LogP contribution in [0, 0.1) is 0 Å². The van der Waals surface area contributed by atoms with E-state index in [0.717, 1.165) is 19.6 Å². The van der Waals surface area contributed by atoms with Gasteiger partial charge < -0.3 is 4.90 Å². The summed E-state index contributed by atoms with van der Waals surface area (Å²) in [5, 5.41) is 4.51. The van der Waals surface area contributed by atoms with Gasteiger partial charge in [0.25, 0.3) is 0 Å². The van der Waals surface area contributed by atoms with E-state index >= 15 is 0 Å². The number of piperidine rings is 1. The fraction of sp³-hybridized carbons (Fsp3) is 1.00. The Hall–Kier alpha value is -0.120. The summed E-state index contributed by atoms with van der Waals surface area (Å²) in [7, 11) is 2.24. The van der Waals surface area contributed by atoms with Crippen molar-refractivity contribution in [3.63, 3.8) is 0 Å². The summed E-state index contributed by atoms with van der Waals surface area (Å²) in [6.07, 6.45) is 4.22. The van der Waals surface area contributed by atoms with E-state index in [2.05, 4.69) is 22.2 Å². The van der Waals surface area contributed by atoms with Gasteiger partial charge >= 0.3 is 0 Å². The van der Waals surface area contributed by atoms with Crippen molar-refractivity contribution in [1.82, 2.24) is 15.1 Å². The molecule has 14 heavy (non-hydrogen) atoms. The van der Waals surface area contributed by atoms with Crippen molar-refractivity contribution in [3.05, 3.63) is 0 Å². The highest BCUT2D eigenvalue weighted by molar-refractivity contribution is 4.81. The van der Waals surface area contributed by atoms with Crippen LogP contribution < -0.4 is 5.32 Å². The predicted octanol–water partition coefficient (Wildman–Crippen LogP) is 0.391. The second-order valence-electron chi connectivity index (χ2n) is 4.63. The van der Waals surface area contributed by atoms with Crippen LogP contribution in [-0.2, 0) is 0 Å². The second kappa shape index (κ2) is 5.10. The highest BCUT2D eigenvalue weighted by atomic mass is 15.2. The first kappa shape index (κ1) is 10.4. The molecule has 1 atom stereocenters. The first-order chi connectivity index (χ1) is 6.86. The molecule has 81 valence electrons. The Morgan fingerprint density at radius 3 is 2.64 bits per heavy atom. The van der Waals surface area contributed by atoms with Crippen LogP contribution in [-0.4, -0.2) is 62.2 Å². The Morgan fingerprint density at radius 2 is 1.93 bits per heavy atom. The molecular weight excluding hydrogens is 174 g/mol. The maximum atomic E-state index is 4.51. The van der Waals surface area contributed by atoms with Gasteiger partial charge in [-0.2, -0.15) is 0 Å². The average molecular weight is 196 g/mol. The van der Waals surface area contributed by atoms with Crippen LogP contribution in [0.1, 0.15) is 19.3 Å². The minimum absolute atomic E-state index is 0.682. The minimum atomic E-state index is 0.682. The summed E-state index contributed by atoms with van der Waals surface area (Å²) >= 11 is 0. The zero-order valence-electron chi connectivity index (χ0n) is 9.28. The largest absolute Gasteiger partial charge is 0.302 e. The SMILES string of the molecule is CN1CC[N]CC1CN1CCCCC1. The Balaban J connectivity index is 1.76. The molecule has 0 amide bonds. The molecule has 0 aromatic heterocycles. The van der Waals surface area contributed by atoms with Crippen LogP contribution in [0.5, 0.6) is 0 Å². The lowest BCUT2D eigenvalue weighted by atomic mass is 10.1. The molecule has 0 spiro atoms. The van der Waals surface area contributed by atoms with E-state index in [9.17, 15) is 0 Å². The summed E-state index contributed by atoms with van der Waals surface area (Å²) in [6.45, 7) is 7.09. The van der Waals surface area contributed by atoms with Gasteiger partial charge in [0.1, 0.15) is 0 Å². The third-order valence-electron chi connectivity index (χ3n) is 3.49. The number of rotatable bonds is 2. The summed E-state index contributed by atoms with van der Waals surface area (Å²) < 4.78 is 0. The molecule has 2 saturated heterocycles. The van der Waals surface area contributed by atoms with Crippen molar-refractivity contribution in [2.75, 3.05) is 46.3 Å². The number of piperazine rings is 1. The van der Waals surface area contributed by atoms with Crippen LogP contribution in [0.25, 0.3) is 0 Å². The molecule has 0 bridgehead atoms. The number of likely N-dealkylation sites (N-methyl/N-ethyl adjacent to an activating group) is 1. The molecule has 0 aromatic rings. The molecule has 0 aromatic carbocycles. The fourth-order valence-corrected chi connectivity index (χ4v) is 2.43. The standard InChI is InChI=1S/C11H22N3/c1-13-8-5-12-9-11(13)10-14-6-3-2-4-7-14/h11H,2-10H2,1H3. The lowest BCUT2D eigenvalue weighted by molar-refractivity contribution is 0.124. The smallest absolute Gasteiger partial charge is 0.0362 e. The van der Waals surface area contributed by atoms with Crippen molar-refractivity contribution in [3.8, 4) is 0 Å². The van der Waals surface area contributed by atoms with Gasteiger partial charge in [0.15, 0.2) is 0 Å². The van der Waals surface area contributed by atoms with Gasteiger partial charge in [0, 0.05) is 32.2 Å². The molecule has 0 N–H and O–H groups in total. The molecule has 2 heterocycles. The second-order valence-corrected chi connectivity index (χ2v) is 4.63. The van der Waals surface area contributed by atoms with Crippen molar-refractivity contribution < 1.29 is 0 Å². The third-order valence-corrected chi connectivity index (χ3v) is 3.49. The molecular formula is C11H22N3. The molecule has 0 aliphatic carbocycles. The van der Waals surface area contributed by atoms with Gasteiger partial charge in [0.05, 0.1) is 0 Å². The van der Waals surface area contributed by atoms with Crippen LogP contribution in [0.2, 0.25) is 0 Å². The van der Waals surface area contributed by atoms with Gasteiger partial charge in [-0.15, -0.1) is 0 Å². The highest BCUT2D eigenvalue weighted by Gasteiger charge is 2.22. The van der Waals surface area contributed by atoms with E-state index in [0.29, 0.717) is 6.04 Å². The van der Waals surface area contributed by atoms with Crippen LogP contribution in [0.3, 0.4) is 0 Å². The zero-order chi connectivity index (χ0) is 9.80. The van der Waals surface area contributed by atoms with E-state index in [1.165, 1.54) is 38.9 Å². The van der Waals surface area contributed by atoms with E-state index in [1.807, 2.05) is 0 Å². The zero-order valence-corrected chi connectivity index (χ0v) is 9.28. The topological polar surface area (TPSA) is 20.6 Å². The van der Waals surface area contributed by atoms with Crippen molar-refractivity contribution in [2.24, 2.45) is 0 Å². The van der Waals surface area contributed by atoms with Crippen molar-refractivity contribution >= 4 is 0 Å². The molecule has 1 unspecified atom stereocenters. The summed E-state index contributed by atoms with van der Waals surface area (Å²) in [5.41, 5.74) is 0. The van der Waals surface area contributed by atoms with Gasteiger partial charge in [-0.1, -0.05) is 6.42 Å². The maximum absolute atomic E-state index is 4.51. The van der Waals surface area contributed by atoms with Gasteiger partial charge in [-0.05, 0) is 33.0 Å². The summed E-state index contributed by atoms with van der Waals surface area (Å²) in [6, 6.07) is 0.682. The Kier molecular flexibility index (Phi) is 3.79. The highest BCUT2D eigenvalue weighted by Crippen LogP contribution is 2.11. The molecule has 1 radical (unpaired) electrons. The van der Waals surface area contributed by atoms with Gasteiger partial charge in [0.2, 0.25) is 0 Å². The monoisotopic (exact) mass is 196 g/mol. The Labute approximate surface area is 87.4 Å². The normalized spacial score (nSPS) is 31.9. The van der Waals surface area contributed by atoms with Gasteiger partial charge in [-0.25, -0.2) is 5.32 Å². The van der Waals surface area contributed by atoms with Crippen molar-refractivity contribution in [2.45, 2.75) is 25.3 Å². The van der Waals surface area contributed by atoms with E-state index < -0.39 is 0 Å². The first-order valence-corrected chi connectivity index (χ1v) is 5.92. The fourth-order valence-electron chi connectivity index (χ4n) is 2.43. The Bertz CT molecular complexity index is 166. The number of nitrogens with zero attached hydrogens (tertiary/aromatic N) is 3. The van der Waals surface area contributed by atoms with Crippen molar-refractivity contribution in [1.29, 1.82) is 0 Å². The number of hydrogen-bond acceptors (Lipinski definition) is 2. The van der Waals surface area contributed by atoms with E-state index in [-0.39, 0.29) is 0 Å². The lowest BCUT2D eigenvalue weighted by Crippen LogP contribution is -2.52. The molecule has 2 fully saturated rings. The summed E-state index contributed by atoms with van der Waals surface area (Å²) in [4.78, 5) is 5.09. The minimum Gasteiger partial charge on any atom is -0.302 e. The first-order valence-electron chi connectivity index (χ1n) is 5.92. The quantitative estimate of drug-likeness (QED) is 0.637. The number of hydrogen-bond donors (Lipinski definition) is 0. The molecule has 0 saturated carbocycles. The molecule has 3 nitrogen and oxygen atoms in total. The average Bonchev–Trinajstić information content (AvgIpc) is 2.23. The van der Waals surface area contributed by atoms with Crippen LogP contribution in [0.4, 0.5) is 0 Å². The number of likely N-dealkylation sites (tertiary alicyclic amines) is 1. The molecule has 2 aliphatic heterocycles. The van der Waals surface area contributed by atoms with Gasteiger partial charge in [-0.3, -0.25) is 4.90 Å². The molecule has 2 aliphatic rings. The van der Waals surface area contributed by atoms with E-state index in [1.54, 1.807) is 0 Å². The summed E-state index contributed by atoms with van der Waals surface area (Å²) in [5.74, 6) is 0. The Morgan fingerprint density at radius 1 is 1.14 bits per heavy atom. The van der Waals surface area contributed by atoms with Crippen LogP contribution in [0.15, 0.2) is 0 Å². The van der Waals surface area contributed by atoms with E-state index in [4.69, 9.17) is 0 Å². The third kappa shape index (κ3) is 2.69. The van der Waals surface area contributed by atoms with Crippen LogP contribution >= 0.6 is 0 Å².